The molecule has 0 amide bonds. The van der Waals surface area contributed by atoms with Gasteiger partial charge in [0.2, 0.25) is 0 Å². The van der Waals surface area contributed by atoms with Crippen molar-refractivity contribution in [1.29, 1.82) is 0 Å². The van der Waals surface area contributed by atoms with Crippen molar-refractivity contribution in [2.75, 3.05) is 0 Å². The maximum atomic E-state index is 12.1. The number of hydrogen-bond donors (Lipinski definition) is 0. The van der Waals surface area contributed by atoms with Crippen LogP contribution in [0.3, 0.4) is 0 Å². The maximum Gasteiger partial charge on any atom is 0.387 e. The van der Waals surface area contributed by atoms with Gasteiger partial charge in [-0.05, 0) is 50.9 Å². The average molecular weight is 344 g/mol. The molecule has 0 spiro atoms. The SMILES string of the molecule is CC(=O)c1ccc(Br)c(Br)c1OC(F)F. The fourth-order valence-corrected chi connectivity index (χ4v) is 1.77. The van der Waals surface area contributed by atoms with Gasteiger partial charge in [0.1, 0.15) is 0 Å². The van der Waals surface area contributed by atoms with Crippen LogP contribution in [-0.4, -0.2) is 12.4 Å². The van der Waals surface area contributed by atoms with Crippen molar-refractivity contribution in [1.82, 2.24) is 0 Å². The normalized spacial score (nSPS) is 10.5. The van der Waals surface area contributed by atoms with Crippen molar-refractivity contribution in [3.63, 3.8) is 0 Å². The van der Waals surface area contributed by atoms with E-state index in [1.54, 1.807) is 6.07 Å². The highest BCUT2D eigenvalue weighted by atomic mass is 79.9. The maximum absolute atomic E-state index is 12.1. The second-order valence-electron chi connectivity index (χ2n) is 2.67. The predicted octanol–water partition coefficient (Wildman–Crippen LogP) is 4.02. The predicted molar refractivity (Wildman–Crippen MR) is 58.5 cm³/mol. The number of rotatable bonds is 3. The third-order valence-corrected chi connectivity index (χ3v) is 3.62. The minimum absolute atomic E-state index is 0.116. The summed E-state index contributed by atoms with van der Waals surface area (Å²) < 4.78 is 29.3. The zero-order valence-corrected chi connectivity index (χ0v) is 10.7. The smallest absolute Gasteiger partial charge is 0.387 e. The molecule has 2 nitrogen and oxygen atoms in total. The van der Waals surface area contributed by atoms with Gasteiger partial charge in [-0.25, -0.2) is 0 Å². The average Bonchev–Trinajstić information content (AvgIpc) is 2.12. The first-order chi connectivity index (χ1) is 6.93. The van der Waals surface area contributed by atoms with E-state index in [4.69, 9.17) is 0 Å². The van der Waals surface area contributed by atoms with Crippen molar-refractivity contribution < 1.29 is 18.3 Å². The topological polar surface area (TPSA) is 26.3 Å². The number of alkyl halides is 2. The zero-order chi connectivity index (χ0) is 11.6. The number of Topliss-reactive ketones (excluding diaryl/α,β-unsaturated/α-hetero) is 1. The van der Waals surface area contributed by atoms with Crippen molar-refractivity contribution in [2.24, 2.45) is 0 Å². The molecule has 0 bridgehead atoms. The van der Waals surface area contributed by atoms with E-state index in [2.05, 4.69) is 36.6 Å². The molecule has 1 aromatic rings. The Morgan fingerprint density at radius 2 is 2.00 bits per heavy atom. The largest absolute Gasteiger partial charge is 0.433 e. The molecule has 0 aliphatic carbocycles. The van der Waals surface area contributed by atoms with Crippen molar-refractivity contribution in [2.45, 2.75) is 13.5 Å². The van der Waals surface area contributed by atoms with Gasteiger partial charge in [0.25, 0.3) is 0 Å². The van der Waals surface area contributed by atoms with E-state index in [-0.39, 0.29) is 17.1 Å². The summed E-state index contributed by atoms with van der Waals surface area (Å²) in [5, 5.41) is 0. The molecule has 0 aliphatic rings. The summed E-state index contributed by atoms with van der Waals surface area (Å²) in [6, 6.07) is 3.01. The lowest BCUT2D eigenvalue weighted by Crippen LogP contribution is -2.07. The Labute approximate surface area is 102 Å². The van der Waals surface area contributed by atoms with E-state index in [0.29, 0.717) is 8.95 Å². The quantitative estimate of drug-likeness (QED) is 0.775. The van der Waals surface area contributed by atoms with Gasteiger partial charge in [-0.1, -0.05) is 0 Å². The van der Waals surface area contributed by atoms with Crippen LogP contribution in [0, 0.1) is 0 Å². The Morgan fingerprint density at radius 1 is 1.40 bits per heavy atom. The van der Waals surface area contributed by atoms with Crippen LogP contribution >= 0.6 is 31.9 Å². The standard InChI is InChI=1S/C9H6Br2F2O2/c1-4(14)5-2-3-6(10)7(11)8(5)15-9(12)13/h2-3,9H,1H3. The van der Waals surface area contributed by atoms with Crippen LogP contribution in [0.5, 0.6) is 5.75 Å². The molecular weight excluding hydrogens is 338 g/mol. The van der Waals surface area contributed by atoms with Gasteiger partial charge in [0, 0.05) is 4.47 Å². The molecule has 82 valence electrons. The second-order valence-corrected chi connectivity index (χ2v) is 4.32. The van der Waals surface area contributed by atoms with Gasteiger partial charge < -0.3 is 4.74 Å². The van der Waals surface area contributed by atoms with Crippen LogP contribution in [-0.2, 0) is 0 Å². The summed E-state index contributed by atoms with van der Waals surface area (Å²) in [4.78, 5) is 11.2. The molecule has 1 rings (SSSR count). The van der Waals surface area contributed by atoms with Crippen molar-refractivity contribution in [3.8, 4) is 5.75 Å². The fraction of sp³-hybridized carbons (Fsp3) is 0.222. The first-order valence-corrected chi connectivity index (χ1v) is 5.46. The zero-order valence-electron chi connectivity index (χ0n) is 7.56. The number of halogens is 4. The molecule has 0 saturated carbocycles. The van der Waals surface area contributed by atoms with Gasteiger partial charge in [0.05, 0.1) is 10.0 Å². The molecule has 0 unspecified atom stereocenters. The second kappa shape index (κ2) is 5.03. The first kappa shape index (κ1) is 12.6. The molecule has 0 saturated heterocycles. The van der Waals surface area contributed by atoms with E-state index in [9.17, 15) is 13.6 Å². The van der Waals surface area contributed by atoms with Gasteiger partial charge in [0.15, 0.2) is 11.5 Å². The lowest BCUT2D eigenvalue weighted by atomic mass is 10.1. The molecule has 0 aromatic heterocycles. The molecule has 0 fully saturated rings. The number of carbonyl (C=O) groups is 1. The summed E-state index contributed by atoms with van der Waals surface area (Å²) in [5.41, 5.74) is 0.116. The van der Waals surface area contributed by atoms with Gasteiger partial charge in [-0.3, -0.25) is 4.79 Å². The van der Waals surface area contributed by atoms with Crippen molar-refractivity contribution in [3.05, 3.63) is 26.6 Å². The molecule has 6 heteroatoms. The third-order valence-electron chi connectivity index (χ3n) is 1.64. The Bertz CT molecular complexity index is 394. The minimum Gasteiger partial charge on any atom is -0.433 e. The van der Waals surface area contributed by atoms with Gasteiger partial charge in [-0.15, -0.1) is 0 Å². The fourth-order valence-electron chi connectivity index (χ4n) is 1.01. The van der Waals surface area contributed by atoms with E-state index in [0.717, 1.165) is 0 Å². The number of ketones is 1. The lowest BCUT2D eigenvalue weighted by molar-refractivity contribution is -0.0506. The first-order valence-electron chi connectivity index (χ1n) is 3.87. The Morgan fingerprint density at radius 3 is 2.47 bits per heavy atom. The van der Waals surface area contributed by atoms with Crippen LogP contribution in [0.15, 0.2) is 21.1 Å². The summed E-state index contributed by atoms with van der Waals surface area (Å²) in [6.07, 6.45) is 0. The summed E-state index contributed by atoms with van der Waals surface area (Å²) >= 11 is 6.21. The van der Waals surface area contributed by atoms with Gasteiger partial charge in [-0.2, -0.15) is 8.78 Å². The van der Waals surface area contributed by atoms with E-state index < -0.39 is 6.61 Å². The van der Waals surface area contributed by atoms with E-state index in [1.165, 1.54) is 13.0 Å². The van der Waals surface area contributed by atoms with Crippen molar-refractivity contribution >= 4 is 37.6 Å². The summed E-state index contributed by atoms with van der Waals surface area (Å²) in [6.45, 7) is -1.68. The molecule has 0 aliphatic heterocycles. The minimum atomic E-state index is -2.96. The number of carbonyl (C=O) groups excluding carboxylic acids is 1. The molecule has 0 atom stereocenters. The van der Waals surface area contributed by atoms with Crippen LogP contribution in [0.2, 0.25) is 0 Å². The van der Waals surface area contributed by atoms with E-state index >= 15 is 0 Å². The van der Waals surface area contributed by atoms with Crippen LogP contribution in [0.1, 0.15) is 17.3 Å². The van der Waals surface area contributed by atoms with Crippen LogP contribution in [0.4, 0.5) is 8.78 Å². The number of hydrogen-bond acceptors (Lipinski definition) is 2. The number of ether oxygens (including phenoxy) is 1. The summed E-state index contributed by atoms with van der Waals surface area (Å²) in [7, 11) is 0. The lowest BCUT2D eigenvalue weighted by Gasteiger charge is -2.11. The third kappa shape index (κ3) is 2.98. The highest BCUT2D eigenvalue weighted by molar-refractivity contribution is 9.13. The molecule has 0 N–H and O–H groups in total. The molecule has 1 aromatic carbocycles. The Kier molecular flexibility index (Phi) is 4.21. The van der Waals surface area contributed by atoms with Crippen LogP contribution < -0.4 is 4.74 Å². The van der Waals surface area contributed by atoms with E-state index in [1.807, 2.05) is 0 Å². The Balaban J connectivity index is 3.28. The van der Waals surface area contributed by atoms with Gasteiger partial charge >= 0.3 is 6.61 Å². The molecule has 0 heterocycles. The molecule has 0 radical (unpaired) electrons. The highest BCUT2D eigenvalue weighted by Crippen LogP contribution is 2.36. The molecule has 15 heavy (non-hydrogen) atoms. The Hall–Kier alpha value is -0.490. The highest BCUT2D eigenvalue weighted by Gasteiger charge is 2.18. The summed E-state index contributed by atoms with van der Waals surface area (Å²) in [5.74, 6) is -0.481. The molecular formula is C9H6Br2F2O2. The monoisotopic (exact) mass is 342 g/mol. The van der Waals surface area contributed by atoms with Crippen LogP contribution in [0.25, 0.3) is 0 Å². The number of benzene rings is 1.